The Kier molecular flexibility index (Phi) is 4.91. The Labute approximate surface area is 116 Å². The van der Waals surface area contributed by atoms with Gasteiger partial charge in [0.05, 0.1) is 24.7 Å². The van der Waals surface area contributed by atoms with Gasteiger partial charge in [-0.3, -0.25) is 4.79 Å². The Morgan fingerprint density at radius 1 is 1.00 bits per heavy atom. The number of hydrogen-bond donors (Lipinski definition) is 0. The van der Waals surface area contributed by atoms with Gasteiger partial charge in [0.1, 0.15) is 0 Å². The maximum absolute atomic E-state index is 12.8. The summed E-state index contributed by atoms with van der Waals surface area (Å²) < 4.78 is 81.0. The smallest absolute Gasteiger partial charge is 0.417 e. The number of ether oxygens (including phenoxy) is 1. The Morgan fingerprint density at radius 3 is 1.76 bits per heavy atom. The summed E-state index contributed by atoms with van der Waals surface area (Å²) in [5.74, 6) is -0.822. The molecule has 0 aliphatic heterocycles. The molecule has 0 atom stereocenters. The first-order chi connectivity index (χ1) is 9.50. The number of methoxy groups -OCH3 is 1. The van der Waals surface area contributed by atoms with Gasteiger partial charge in [-0.1, -0.05) is 6.92 Å². The van der Waals surface area contributed by atoms with E-state index in [9.17, 15) is 31.1 Å². The van der Waals surface area contributed by atoms with Gasteiger partial charge in [-0.25, -0.2) is 0 Å². The molecule has 118 valence electrons. The second kappa shape index (κ2) is 5.95. The van der Waals surface area contributed by atoms with Crippen molar-refractivity contribution < 1.29 is 35.9 Å². The first kappa shape index (κ1) is 17.3. The molecule has 0 saturated carbocycles. The first-order valence-electron chi connectivity index (χ1n) is 5.87. The molecule has 0 fully saturated rings. The lowest BCUT2D eigenvalue weighted by molar-refractivity contribution is -0.162. The van der Waals surface area contributed by atoms with Crippen molar-refractivity contribution in [3.8, 4) is 0 Å². The molecule has 8 heteroatoms. The molecule has 1 aromatic carbocycles. The van der Waals surface area contributed by atoms with Crippen LogP contribution in [0.1, 0.15) is 29.2 Å². The number of carbonyl (C=O) groups is 1. The van der Waals surface area contributed by atoms with Gasteiger partial charge in [0.25, 0.3) is 0 Å². The largest absolute Gasteiger partial charge is 0.469 e. The van der Waals surface area contributed by atoms with Gasteiger partial charge in [-0.15, -0.1) is 0 Å². The van der Waals surface area contributed by atoms with Crippen LogP contribution in [0.25, 0.3) is 0 Å². The molecule has 0 aliphatic carbocycles. The van der Waals surface area contributed by atoms with Crippen molar-refractivity contribution in [3.63, 3.8) is 0 Å². The molecule has 0 unspecified atom stereocenters. The predicted molar refractivity (Wildman–Crippen MR) is 61.5 cm³/mol. The highest BCUT2D eigenvalue weighted by Gasteiger charge is 2.43. The minimum Gasteiger partial charge on any atom is -0.469 e. The SMILES string of the molecule is CCc1cc(C(F)(F)F)c(C(F)(F)F)cc1CC(=O)OC. The molecule has 0 heterocycles. The summed E-state index contributed by atoms with van der Waals surface area (Å²) >= 11 is 0. The standard InChI is InChI=1S/C13H12F6O2/c1-3-7-4-9(12(14,15)16)10(13(17,18)19)5-8(7)6-11(20)21-2/h4-5H,3,6H2,1-2H3. The molecule has 1 aromatic rings. The van der Waals surface area contributed by atoms with Crippen molar-refractivity contribution in [3.05, 3.63) is 34.4 Å². The van der Waals surface area contributed by atoms with Crippen LogP contribution < -0.4 is 0 Å². The van der Waals surface area contributed by atoms with Crippen LogP contribution in [-0.4, -0.2) is 13.1 Å². The van der Waals surface area contributed by atoms with Gasteiger partial charge < -0.3 is 4.74 Å². The van der Waals surface area contributed by atoms with Crippen molar-refractivity contribution in [2.45, 2.75) is 32.1 Å². The first-order valence-corrected chi connectivity index (χ1v) is 5.87. The van der Waals surface area contributed by atoms with E-state index in [0.717, 1.165) is 7.11 Å². The van der Waals surface area contributed by atoms with Crippen molar-refractivity contribution >= 4 is 5.97 Å². The molecule has 0 radical (unpaired) electrons. The van der Waals surface area contributed by atoms with Crippen molar-refractivity contribution in [2.75, 3.05) is 7.11 Å². The van der Waals surface area contributed by atoms with Gasteiger partial charge in [-0.2, -0.15) is 26.3 Å². The monoisotopic (exact) mass is 314 g/mol. The molecular weight excluding hydrogens is 302 g/mol. The summed E-state index contributed by atoms with van der Waals surface area (Å²) in [4.78, 5) is 11.2. The maximum atomic E-state index is 12.8. The predicted octanol–water partition coefficient (Wildman–Crippen LogP) is 4.00. The number of halogens is 6. The van der Waals surface area contributed by atoms with Crippen LogP contribution in [0.2, 0.25) is 0 Å². The highest BCUT2D eigenvalue weighted by molar-refractivity contribution is 5.73. The second-order valence-corrected chi connectivity index (χ2v) is 4.27. The van der Waals surface area contributed by atoms with Crippen LogP contribution in [-0.2, 0) is 34.7 Å². The molecule has 2 nitrogen and oxygen atoms in total. The maximum Gasteiger partial charge on any atom is 0.417 e. The van der Waals surface area contributed by atoms with Gasteiger partial charge in [0.2, 0.25) is 0 Å². The average Bonchev–Trinajstić information content (AvgIpc) is 2.35. The zero-order chi connectivity index (χ0) is 16.4. The van der Waals surface area contributed by atoms with Crippen molar-refractivity contribution in [1.82, 2.24) is 0 Å². The lowest BCUT2D eigenvalue weighted by atomic mass is 9.94. The number of esters is 1. The summed E-state index contributed by atoms with van der Waals surface area (Å²) in [6.07, 6.45) is -10.7. The molecular formula is C13H12F6O2. The summed E-state index contributed by atoms with van der Waals surface area (Å²) in [6, 6.07) is 0.819. The number of hydrogen-bond acceptors (Lipinski definition) is 2. The Bertz CT molecular complexity index is 531. The fourth-order valence-corrected chi connectivity index (χ4v) is 1.88. The normalized spacial score (nSPS) is 12.4. The number of rotatable bonds is 3. The van der Waals surface area contributed by atoms with Crippen LogP contribution in [0.15, 0.2) is 12.1 Å². The quantitative estimate of drug-likeness (QED) is 0.622. The molecule has 0 bridgehead atoms. The highest BCUT2D eigenvalue weighted by Crippen LogP contribution is 2.41. The van der Waals surface area contributed by atoms with Gasteiger partial charge in [-0.05, 0) is 29.7 Å². The Hall–Kier alpha value is -1.73. The van der Waals surface area contributed by atoms with E-state index < -0.39 is 35.9 Å². The fraction of sp³-hybridized carbons (Fsp3) is 0.462. The number of aryl methyl sites for hydroxylation is 1. The van der Waals surface area contributed by atoms with E-state index >= 15 is 0 Å². The third-order valence-corrected chi connectivity index (χ3v) is 2.89. The van der Waals surface area contributed by atoms with E-state index in [-0.39, 0.29) is 17.5 Å². The van der Waals surface area contributed by atoms with Gasteiger partial charge in [0.15, 0.2) is 0 Å². The lowest BCUT2D eigenvalue weighted by Crippen LogP contribution is -2.19. The highest BCUT2D eigenvalue weighted by atomic mass is 19.4. The van der Waals surface area contributed by atoms with E-state index in [1.165, 1.54) is 6.92 Å². The minimum atomic E-state index is -5.16. The zero-order valence-electron chi connectivity index (χ0n) is 11.2. The third-order valence-electron chi connectivity index (χ3n) is 2.89. The lowest BCUT2D eigenvalue weighted by Gasteiger charge is -2.19. The number of alkyl halides is 6. The van der Waals surface area contributed by atoms with E-state index in [1.807, 2.05) is 0 Å². The summed E-state index contributed by atoms with van der Waals surface area (Å²) in [5, 5.41) is 0. The van der Waals surface area contributed by atoms with Crippen LogP contribution in [0.4, 0.5) is 26.3 Å². The summed E-state index contributed by atoms with van der Waals surface area (Å²) in [6.45, 7) is 1.49. The van der Waals surface area contributed by atoms with Crippen LogP contribution >= 0.6 is 0 Å². The van der Waals surface area contributed by atoms with E-state index in [1.54, 1.807) is 0 Å². The molecule has 0 aromatic heterocycles. The summed E-state index contributed by atoms with van der Waals surface area (Å²) in [5.41, 5.74) is -3.64. The van der Waals surface area contributed by atoms with E-state index in [2.05, 4.69) is 4.74 Å². The Balaban J connectivity index is 3.52. The molecule has 0 aliphatic rings. The van der Waals surface area contributed by atoms with Gasteiger partial charge >= 0.3 is 18.3 Å². The molecule has 0 saturated heterocycles. The third kappa shape index (κ3) is 4.12. The van der Waals surface area contributed by atoms with Gasteiger partial charge in [0, 0.05) is 0 Å². The summed E-state index contributed by atoms with van der Waals surface area (Å²) in [7, 11) is 1.04. The molecule has 21 heavy (non-hydrogen) atoms. The second-order valence-electron chi connectivity index (χ2n) is 4.27. The Morgan fingerprint density at radius 2 is 1.43 bits per heavy atom. The topological polar surface area (TPSA) is 26.3 Å². The van der Waals surface area contributed by atoms with Crippen LogP contribution in [0, 0.1) is 0 Å². The van der Waals surface area contributed by atoms with Crippen molar-refractivity contribution in [1.29, 1.82) is 0 Å². The molecule has 0 N–H and O–H groups in total. The van der Waals surface area contributed by atoms with Crippen molar-refractivity contribution in [2.24, 2.45) is 0 Å². The average molecular weight is 314 g/mol. The zero-order valence-corrected chi connectivity index (χ0v) is 11.2. The number of carbonyl (C=O) groups excluding carboxylic acids is 1. The molecule has 1 rings (SSSR count). The van der Waals surface area contributed by atoms with Crippen LogP contribution in [0.3, 0.4) is 0 Å². The minimum absolute atomic E-state index is 0.0284. The van der Waals surface area contributed by atoms with E-state index in [4.69, 9.17) is 0 Å². The number of benzene rings is 1. The van der Waals surface area contributed by atoms with Crippen LogP contribution in [0.5, 0.6) is 0 Å². The molecule has 0 amide bonds. The fourth-order valence-electron chi connectivity index (χ4n) is 1.88. The van der Waals surface area contributed by atoms with E-state index in [0.29, 0.717) is 12.1 Å². The molecule has 0 spiro atoms.